The van der Waals surface area contributed by atoms with E-state index >= 15 is 0 Å². The normalized spacial score (nSPS) is 10.3. The molecule has 2 rings (SSSR count). The van der Waals surface area contributed by atoms with Crippen LogP contribution in [-0.4, -0.2) is 5.97 Å². The molecule has 0 radical (unpaired) electrons. The Kier molecular flexibility index (Phi) is 4.89. The largest absolute Gasteiger partial charge is 0.457 e. The van der Waals surface area contributed by atoms with Gasteiger partial charge in [0.25, 0.3) is 0 Å². The Bertz CT molecular complexity index is 729. The van der Waals surface area contributed by atoms with Gasteiger partial charge in [0, 0.05) is 5.57 Å². The molecule has 23 heavy (non-hydrogen) atoms. The van der Waals surface area contributed by atoms with Gasteiger partial charge in [-0.1, -0.05) is 24.8 Å². The molecule has 0 fully saturated rings. The van der Waals surface area contributed by atoms with Crippen LogP contribution in [0.5, 0.6) is 17.2 Å². The van der Waals surface area contributed by atoms with Crippen LogP contribution in [0.1, 0.15) is 29.2 Å². The molecule has 3 nitrogen and oxygen atoms in total. The van der Waals surface area contributed by atoms with Crippen molar-refractivity contribution in [1.82, 2.24) is 0 Å². The molecule has 0 spiro atoms. The molecule has 3 heteroatoms. The Morgan fingerprint density at radius 3 is 1.91 bits per heavy atom. The van der Waals surface area contributed by atoms with Crippen LogP contribution in [0.15, 0.2) is 42.5 Å². The molecule has 0 bridgehead atoms. The molecule has 0 aliphatic rings. The average Bonchev–Trinajstić information content (AvgIpc) is 2.46. The first-order valence-electron chi connectivity index (χ1n) is 7.52. The quantitative estimate of drug-likeness (QED) is 0.442. The molecule has 2 aromatic rings. The van der Waals surface area contributed by atoms with Crippen LogP contribution in [0, 0.1) is 27.7 Å². The highest BCUT2D eigenvalue weighted by Crippen LogP contribution is 2.33. The summed E-state index contributed by atoms with van der Waals surface area (Å²) >= 11 is 0. The lowest BCUT2D eigenvalue weighted by Crippen LogP contribution is -2.10. The summed E-state index contributed by atoms with van der Waals surface area (Å²) in [5.41, 5.74) is 4.23. The molecule has 0 aromatic heterocycles. The van der Waals surface area contributed by atoms with E-state index in [1.54, 1.807) is 6.92 Å². The zero-order valence-electron chi connectivity index (χ0n) is 14.3. The number of carbonyl (C=O) groups is 1. The second kappa shape index (κ2) is 6.69. The van der Waals surface area contributed by atoms with Crippen molar-refractivity contribution in [3.63, 3.8) is 0 Å². The van der Waals surface area contributed by atoms with Crippen molar-refractivity contribution in [2.45, 2.75) is 34.6 Å². The van der Waals surface area contributed by atoms with Gasteiger partial charge >= 0.3 is 5.97 Å². The van der Waals surface area contributed by atoms with E-state index in [2.05, 4.69) is 6.58 Å². The van der Waals surface area contributed by atoms with Crippen molar-refractivity contribution in [3.8, 4) is 17.2 Å². The van der Waals surface area contributed by atoms with Crippen molar-refractivity contribution in [3.05, 3.63) is 64.7 Å². The molecule has 0 aliphatic carbocycles. The number of carbonyl (C=O) groups excluding carboxylic acids is 1. The van der Waals surface area contributed by atoms with E-state index < -0.39 is 5.97 Å². The molecule has 0 heterocycles. The molecular formula is C20H22O3. The number of benzene rings is 2. The molecule has 0 N–H and O–H groups in total. The van der Waals surface area contributed by atoms with Gasteiger partial charge in [-0.05, 0) is 69.0 Å². The summed E-state index contributed by atoms with van der Waals surface area (Å²) in [6.07, 6.45) is 0. The van der Waals surface area contributed by atoms with E-state index in [0.29, 0.717) is 11.3 Å². The summed E-state index contributed by atoms with van der Waals surface area (Å²) in [6, 6.07) is 9.80. The van der Waals surface area contributed by atoms with Crippen LogP contribution < -0.4 is 9.47 Å². The molecule has 120 valence electrons. The summed E-state index contributed by atoms with van der Waals surface area (Å²) in [5, 5.41) is 0. The van der Waals surface area contributed by atoms with Gasteiger partial charge in [0.2, 0.25) is 0 Å². The highest BCUT2D eigenvalue weighted by molar-refractivity contribution is 5.89. The summed E-state index contributed by atoms with van der Waals surface area (Å²) in [4.78, 5) is 11.7. The zero-order chi connectivity index (χ0) is 17.1. The number of aryl methyl sites for hydroxylation is 4. The Morgan fingerprint density at radius 2 is 1.43 bits per heavy atom. The number of hydrogen-bond donors (Lipinski definition) is 0. The monoisotopic (exact) mass is 310 g/mol. The highest BCUT2D eigenvalue weighted by Gasteiger charge is 2.13. The number of rotatable bonds is 4. The van der Waals surface area contributed by atoms with Crippen molar-refractivity contribution in [1.29, 1.82) is 0 Å². The maximum absolute atomic E-state index is 11.7. The summed E-state index contributed by atoms with van der Waals surface area (Å²) in [6.45, 7) is 13.1. The maximum atomic E-state index is 11.7. The summed E-state index contributed by atoms with van der Waals surface area (Å²) < 4.78 is 11.4. The number of ether oxygens (including phenoxy) is 2. The molecule has 0 amide bonds. The molecule has 0 atom stereocenters. The van der Waals surface area contributed by atoms with Crippen LogP contribution in [0.2, 0.25) is 0 Å². The van der Waals surface area contributed by atoms with Crippen LogP contribution in [0.4, 0.5) is 0 Å². The van der Waals surface area contributed by atoms with E-state index in [0.717, 1.165) is 33.8 Å². The second-order valence-electron chi connectivity index (χ2n) is 5.88. The van der Waals surface area contributed by atoms with Crippen molar-refractivity contribution >= 4 is 5.97 Å². The van der Waals surface area contributed by atoms with Crippen molar-refractivity contribution in [2.75, 3.05) is 0 Å². The van der Waals surface area contributed by atoms with E-state index in [1.165, 1.54) is 0 Å². The lowest BCUT2D eigenvalue weighted by Gasteiger charge is -2.15. The SMILES string of the molecule is C=C(C)C(=O)Oc1c(C)cc(Oc2c(C)cccc2C)cc1C. The van der Waals surface area contributed by atoms with Crippen LogP contribution in [0.3, 0.4) is 0 Å². The fourth-order valence-corrected chi connectivity index (χ4v) is 2.39. The molecule has 0 saturated carbocycles. The smallest absolute Gasteiger partial charge is 0.338 e. The van der Waals surface area contributed by atoms with Gasteiger partial charge < -0.3 is 9.47 Å². The van der Waals surface area contributed by atoms with Crippen LogP contribution >= 0.6 is 0 Å². The first kappa shape index (κ1) is 16.8. The molecule has 0 unspecified atom stereocenters. The van der Waals surface area contributed by atoms with Gasteiger partial charge in [-0.2, -0.15) is 0 Å². The summed E-state index contributed by atoms with van der Waals surface area (Å²) in [7, 11) is 0. The highest BCUT2D eigenvalue weighted by atomic mass is 16.5. The van der Waals surface area contributed by atoms with E-state index in [9.17, 15) is 4.79 Å². The topological polar surface area (TPSA) is 35.5 Å². The fourth-order valence-electron chi connectivity index (χ4n) is 2.39. The third-order valence-corrected chi connectivity index (χ3v) is 3.61. The maximum Gasteiger partial charge on any atom is 0.338 e. The van der Waals surface area contributed by atoms with Crippen LogP contribution in [0.25, 0.3) is 0 Å². The van der Waals surface area contributed by atoms with Crippen molar-refractivity contribution in [2.24, 2.45) is 0 Å². The van der Waals surface area contributed by atoms with Gasteiger partial charge in [-0.25, -0.2) is 4.79 Å². The Hall–Kier alpha value is -2.55. The predicted octanol–water partition coefficient (Wildman–Crippen LogP) is 5.19. The standard InChI is InChI=1S/C20H22O3/c1-12(2)20(21)23-19-15(5)10-17(11-16(19)6)22-18-13(3)8-7-9-14(18)4/h7-11H,1H2,2-6H3. The van der Waals surface area contributed by atoms with Crippen LogP contribution in [-0.2, 0) is 4.79 Å². The second-order valence-corrected chi connectivity index (χ2v) is 5.88. The third kappa shape index (κ3) is 3.81. The first-order chi connectivity index (χ1) is 10.8. The average molecular weight is 310 g/mol. The van der Waals surface area contributed by atoms with Crippen molar-refractivity contribution < 1.29 is 14.3 Å². The van der Waals surface area contributed by atoms with E-state index in [-0.39, 0.29) is 0 Å². The third-order valence-electron chi connectivity index (χ3n) is 3.61. The molecular weight excluding hydrogens is 288 g/mol. The van der Waals surface area contributed by atoms with Gasteiger partial charge in [0.15, 0.2) is 0 Å². The zero-order valence-corrected chi connectivity index (χ0v) is 14.3. The number of esters is 1. The number of para-hydroxylation sites is 1. The predicted molar refractivity (Wildman–Crippen MR) is 92.4 cm³/mol. The Balaban J connectivity index is 2.33. The lowest BCUT2D eigenvalue weighted by atomic mass is 10.1. The lowest BCUT2D eigenvalue weighted by molar-refractivity contribution is -0.130. The van der Waals surface area contributed by atoms with Gasteiger partial charge in [-0.3, -0.25) is 0 Å². The molecule has 2 aromatic carbocycles. The Labute approximate surface area is 137 Å². The minimum absolute atomic E-state index is 0.375. The minimum atomic E-state index is -0.417. The van der Waals surface area contributed by atoms with E-state index in [1.807, 2.05) is 58.0 Å². The van der Waals surface area contributed by atoms with Gasteiger partial charge in [0.1, 0.15) is 17.2 Å². The summed E-state index contributed by atoms with van der Waals surface area (Å²) in [5.74, 6) is 1.73. The molecule has 0 saturated heterocycles. The van der Waals surface area contributed by atoms with Gasteiger partial charge in [0.05, 0.1) is 0 Å². The first-order valence-corrected chi connectivity index (χ1v) is 7.52. The fraction of sp³-hybridized carbons (Fsp3) is 0.250. The van der Waals surface area contributed by atoms with Gasteiger partial charge in [-0.15, -0.1) is 0 Å². The Morgan fingerprint density at radius 1 is 0.913 bits per heavy atom. The minimum Gasteiger partial charge on any atom is -0.457 e. The van der Waals surface area contributed by atoms with E-state index in [4.69, 9.17) is 9.47 Å². The number of hydrogen-bond acceptors (Lipinski definition) is 3. The molecule has 0 aliphatic heterocycles.